The quantitative estimate of drug-likeness (QED) is 0.385. The molecule has 3 aromatic rings. The summed E-state index contributed by atoms with van der Waals surface area (Å²) in [6.07, 6.45) is -0.586. The summed E-state index contributed by atoms with van der Waals surface area (Å²) in [6.45, 7) is 1.15. The minimum Gasteiger partial charge on any atom is -0.410 e. The number of amides is 2. The van der Waals surface area contributed by atoms with E-state index in [-0.39, 0.29) is 42.5 Å². The number of non-ortho nitro benzene ring substituents is 1. The molecule has 10 nitrogen and oxygen atoms in total. The first kappa shape index (κ1) is 22.0. The lowest BCUT2D eigenvalue weighted by Crippen LogP contribution is -2.52. The van der Waals surface area contributed by atoms with Crippen molar-refractivity contribution in [1.82, 2.24) is 13.8 Å². The number of carbonyl (C=O) groups is 2. The zero-order valence-corrected chi connectivity index (χ0v) is 19.0. The van der Waals surface area contributed by atoms with Gasteiger partial charge in [-0.2, -0.15) is 0 Å². The number of hydrogen-bond acceptors (Lipinski definition) is 7. The number of fused-ring (bicyclic) bond motifs is 1. The molecule has 0 aliphatic carbocycles. The summed E-state index contributed by atoms with van der Waals surface area (Å²) < 4.78 is 8.36. The lowest BCUT2D eigenvalue weighted by atomic mass is 10.3. The minimum absolute atomic E-state index is 0.0525. The van der Waals surface area contributed by atoms with Gasteiger partial charge in [0.2, 0.25) is 5.91 Å². The van der Waals surface area contributed by atoms with Crippen LogP contribution in [-0.2, 0) is 11.3 Å². The van der Waals surface area contributed by atoms with Crippen LogP contribution in [0.1, 0.15) is 0 Å². The van der Waals surface area contributed by atoms with E-state index >= 15 is 0 Å². The Balaban J connectivity index is 1.32. The van der Waals surface area contributed by atoms with Crippen LogP contribution in [0.5, 0.6) is 5.75 Å². The third-order valence-corrected chi connectivity index (χ3v) is 6.57. The van der Waals surface area contributed by atoms with Gasteiger partial charge < -0.3 is 14.5 Å². The molecule has 1 aliphatic heterocycles. The Bertz CT molecular complexity index is 1250. The molecule has 1 fully saturated rings. The Kier molecular flexibility index (Phi) is 6.24. The second-order valence-electron chi connectivity index (χ2n) is 7.06. The molecule has 0 radical (unpaired) electrons. The average Bonchev–Trinajstić information content (AvgIpc) is 3.08. The molecule has 0 saturated carbocycles. The van der Waals surface area contributed by atoms with Gasteiger partial charge in [0.15, 0.2) is 0 Å². The Morgan fingerprint density at radius 3 is 2.38 bits per heavy atom. The van der Waals surface area contributed by atoms with Gasteiger partial charge in [-0.1, -0.05) is 27.5 Å². The minimum atomic E-state index is -0.586. The third kappa shape index (κ3) is 4.65. The highest BCUT2D eigenvalue weighted by Gasteiger charge is 2.26. The summed E-state index contributed by atoms with van der Waals surface area (Å²) >= 11 is 4.62. The van der Waals surface area contributed by atoms with Crippen LogP contribution in [0, 0.1) is 10.1 Å². The molecule has 0 unspecified atom stereocenters. The van der Waals surface area contributed by atoms with Gasteiger partial charge in [0, 0.05) is 42.8 Å². The monoisotopic (exact) mass is 520 g/mol. The van der Waals surface area contributed by atoms with E-state index in [1.54, 1.807) is 17.0 Å². The molecule has 0 N–H and O–H groups in total. The molecule has 166 valence electrons. The van der Waals surface area contributed by atoms with E-state index in [0.29, 0.717) is 18.5 Å². The highest BCUT2D eigenvalue weighted by molar-refractivity contribution is 9.10. The predicted octanol–water partition coefficient (Wildman–Crippen LogP) is 3.08. The fourth-order valence-electron chi connectivity index (χ4n) is 3.31. The number of aromatic nitrogens is 1. The first-order chi connectivity index (χ1) is 15.3. The van der Waals surface area contributed by atoms with Crippen molar-refractivity contribution in [2.45, 2.75) is 6.54 Å². The lowest BCUT2D eigenvalue weighted by Gasteiger charge is -2.34. The van der Waals surface area contributed by atoms with Crippen LogP contribution in [-0.4, -0.2) is 56.9 Å². The van der Waals surface area contributed by atoms with Crippen molar-refractivity contribution >= 4 is 55.2 Å². The molecule has 12 heteroatoms. The van der Waals surface area contributed by atoms with Gasteiger partial charge in [-0.15, -0.1) is 0 Å². The summed E-state index contributed by atoms with van der Waals surface area (Å²) in [4.78, 5) is 50.8. The molecular formula is C20H17BrN4O6S. The Hall–Kier alpha value is -3.25. The van der Waals surface area contributed by atoms with Crippen LogP contribution in [0.15, 0.2) is 51.7 Å². The van der Waals surface area contributed by atoms with Crippen molar-refractivity contribution < 1.29 is 19.2 Å². The number of benzene rings is 2. The molecule has 1 aromatic heterocycles. The Morgan fingerprint density at radius 1 is 1.06 bits per heavy atom. The van der Waals surface area contributed by atoms with Crippen molar-refractivity contribution in [3.05, 3.63) is 67.4 Å². The summed E-state index contributed by atoms with van der Waals surface area (Å²) in [5, 5.41) is 11.3. The number of halogens is 1. The third-order valence-electron chi connectivity index (χ3n) is 5.03. The maximum Gasteiger partial charge on any atom is 0.415 e. The Morgan fingerprint density at radius 2 is 1.72 bits per heavy atom. The van der Waals surface area contributed by atoms with Crippen LogP contribution < -0.4 is 10.3 Å². The second kappa shape index (κ2) is 9.09. The van der Waals surface area contributed by atoms with Gasteiger partial charge in [-0.05, 0) is 30.3 Å². The van der Waals surface area contributed by atoms with Crippen molar-refractivity contribution in [3.63, 3.8) is 0 Å². The van der Waals surface area contributed by atoms with Crippen LogP contribution in [0.2, 0.25) is 0 Å². The van der Waals surface area contributed by atoms with Crippen LogP contribution in [0.4, 0.5) is 10.5 Å². The van der Waals surface area contributed by atoms with E-state index in [4.69, 9.17) is 4.74 Å². The molecule has 0 atom stereocenters. The van der Waals surface area contributed by atoms with Gasteiger partial charge in [0.05, 0.1) is 15.0 Å². The van der Waals surface area contributed by atoms with E-state index in [0.717, 1.165) is 9.17 Å². The molecule has 2 heterocycles. The molecule has 2 amide bonds. The average molecular weight is 521 g/mol. The van der Waals surface area contributed by atoms with E-state index in [2.05, 4.69) is 15.9 Å². The number of nitrogens with zero attached hydrogens (tertiary/aromatic N) is 4. The molecule has 1 saturated heterocycles. The largest absolute Gasteiger partial charge is 0.415 e. The predicted molar refractivity (Wildman–Crippen MR) is 121 cm³/mol. The molecule has 2 aromatic carbocycles. The summed E-state index contributed by atoms with van der Waals surface area (Å²) in [5.41, 5.74) is -0.293. The lowest BCUT2D eigenvalue weighted by molar-refractivity contribution is -0.384. The van der Waals surface area contributed by atoms with Gasteiger partial charge >= 0.3 is 6.09 Å². The summed E-state index contributed by atoms with van der Waals surface area (Å²) in [7, 11) is 0. The summed E-state index contributed by atoms with van der Waals surface area (Å²) in [5.74, 6) is 0.0102. The number of rotatable bonds is 4. The first-order valence-corrected chi connectivity index (χ1v) is 11.2. The zero-order valence-electron chi connectivity index (χ0n) is 16.6. The summed E-state index contributed by atoms with van der Waals surface area (Å²) in [6, 6.07) is 10.6. The highest BCUT2D eigenvalue weighted by atomic mass is 79.9. The zero-order chi connectivity index (χ0) is 22.8. The smallest absolute Gasteiger partial charge is 0.410 e. The highest BCUT2D eigenvalue weighted by Crippen LogP contribution is 2.22. The Labute approximate surface area is 194 Å². The van der Waals surface area contributed by atoms with Gasteiger partial charge in [-0.25, -0.2) is 4.79 Å². The second-order valence-corrected chi connectivity index (χ2v) is 9.04. The van der Waals surface area contributed by atoms with E-state index in [1.807, 2.05) is 6.07 Å². The maximum atomic E-state index is 12.7. The number of hydrogen-bond donors (Lipinski definition) is 0. The van der Waals surface area contributed by atoms with Crippen molar-refractivity contribution in [3.8, 4) is 5.75 Å². The van der Waals surface area contributed by atoms with E-state index in [9.17, 15) is 24.5 Å². The van der Waals surface area contributed by atoms with Gasteiger partial charge in [-0.3, -0.25) is 23.7 Å². The van der Waals surface area contributed by atoms with Crippen molar-refractivity contribution in [2.75, 3.05) is 26.2 Å². The number of piperazine rings is 1. The number of carbonyl (C=O) groups excluding carboxylic acids is 2. The normalized spacial score (nSPS) is 13.9. The standard InChI is InChI=1S/C20H17BrN4O6S/c21-13-1-6-16-17(11-13)32-24(19(16)27)12-18(26)22-7-9-23(10-8-22)20(28)31-15-4-2-14(3-5-15)25(29)30/h1-6,11H,7-10,12H2. The van der Waals surface area contributed by atoms with Gasteiger partial charge in [0.25, 0.3) is 11.2 Å². The van der Waals surface area contributed by atoms with Crippen molar-refractivity contribution in [1.29, 1.82) is 0 Å². The number of nitro groups is 1. The van der Waals surface area contributed by atoms with Crippen LogP contribution >= 0.6 is 27.5 Å². The van der Waals surface area contributed by atoms with Crippen LogP contribution in [0.3, 0.4) is 0 Å². The number of ether oxygens (including phenoxy) is 1. The number of nitro benzene ring substituents is 1. The fraction of sp³-hybridized carbons (Fsp3) is 0.250. The molecule has 0 spiro atoms. The molecule has 32 heavy (non-hydrogen) atoms. The van der Waals surface area contributed by atoms with E-state index in [1.165, 1.54) is 44.7 Å². The molecule has 4 rings (SSSR count). The molecular weight excluding hydrogens is 504 g/mol. The topological polar surface area (TPSA) is 115 Å². The molecule has 1 aliphatic rings. The van der Waals surface area contributed by atoms with E-state index < -0.39 is 11.0 Å². The van der Waals surface area contributed by atoms with Crippen molar-refractivity contribution in [2.24, 2.45) is 0 Å². The maximum absolute atomic E-state index is 12.7. The fourth-order valence-corrected chi connectivity index (χ4v) is 4.85. The first-order valence-electron chi connectivity index (χ1n) is 9.60. The van der Waals surface area contributed by atoms with Gasteiger partial charge in [0.1, 0.15) is 12.3 Å². The SMILES string of the molecule is O=C(Cn1sc2cc(Br)ccc2c1=O)N1CCN(C(=O)Oc2ccc([N+](=O)[O-])cc2)CC1. The molecule has 0 bridgehead atoms. The van der Waals surface area contributed by atoms with Crippen LogP contribution in [0.25, 0.3) is 10.1 Å².